The van der Waals surface area contributed by atoms with Crippen LogP contribution in [0.4, 0.5) is 13.2 Å². The number of aryl methyl sites for hydroxylation is 2. The molecule has 3 rings (SSSR count). The highest BCUT2D eigenvalue weighted by molar-refractivity contribution is 6.06. The average Bonchev–Trinajstić information content (AvgIpc) is 3.10. The topological polar surface area (TPSA) is 96.5 Å². The first-order valence-corrected chi connectivity index (χ1v) is 7.42. The summed E-state index contributed by atoms with van der Waals surface area (Å²) in [6.45, 7) is 1.98. The molecule has 1 amide bonds. The van der Waals surface area contributed by atoms with Gasteiger partial charge >= 0.3 is 12.1 Å². The van der Waals surface area contributed by atoms with Gasteiger partial charge in [-0.2, -0.15) is 13.2 Å². The summed E-state index contributed by atoms with van der Waals surface area (Å²) in [7, 11) is 0. The standard InChI is InChI=1S/C15H14F3N3O4/c1-6-3-8(11-7(2)20-25-12(11)19-6)13(22)21-4-9(14(23)24)10(5-21)15(16,17)18/h3,9-10H,4-5H2,1-2H3,(H,23,24)/t9-,10-/m1/s1. The molecule has 0 radical (unpaired) electrons. The molecule has 0 spiro atoms. The Morgan fingerprint density at radius 3 is 2.56 bits per heavy atom. The third-order valence-electron chi connectivity index (χ3n) is 4.32. The molecule has 0 saturated carbocycles. The number of nitrogens with zero attached hydrogens (tertiary/aromatic N) is 3. The van der Waals surface area contributed by atoms with Crippen molar-refractivity contribution in [2.75, 3.05) is 13.1 Å². The number of carboxylic acid groups (broad SMARTS) is 1. The number of fused-ring (bicyclic) bond motifs is 1. The van der Waals surface area contributed by atoms with Gasteiger partial charge in [0.05, 0.1) is 28.5 Å². The van der Waals surface area contributed by atoms with Crippen LogP contribution in [0.1, 0.15) is 21.7 Å². The highest BCUT2D eigenvalue weighted by Crippen LogP contribution is 2.38. The fourth-order valence-corrected chi connectivity index (χ4v) is 3.11. The number of aliphatic carboxylic acids is 1. The van der Waals surface area contributed by atoms with E-state index in [0.717, 1.165) is 4.90 Å². The lowest BCUT2D eigenvalue weighted by atomic mass is 9.96. The number of rotatable bonds is 2. The Morgan fingerprint density at radius 2 is 2.00 bits per heavy atom. The molecule has 1 aliphatic rings. The van der Waals surface area contributed by atoms with Crippen LogP contribution in [0.3, 0.4) is 0 Å². The molecule has 0 aliphatic carbocycles. The molecule has 0 bridgehead atoms. The summed E-state index contributed by atoms with van der Waals surface area (Å²) >= 11 is 0. The first kappa shape index (κ1) is 17.2. The summed E-state index contributed by atoms with van der Waals surface area (Å²) in [6.07, 6.45) is -4.70. The van der Waals surface area contributed by atoms with Gasteiger partial charge in [0, 0.05) is 18.8 Å². The summed E-state index contributed by atoms with van der Waals surface area (Å²) in [5, 5.41) is 13.1. The highest BCUT2D eigenvalue weighted by Gasteiger charge is 2.53. The van der Waals surface area contributed by atoms with Crippen molar-refractivity contribution in [3.63, 3.8) is 0 Å². The van der Waals surface area contributed by atoms with Gasteiger partial charge < -0.3 is 14.5 Å². The van der Waals surface area contributed by atoms with Crippen LogP contribution in [0.2, 0.25) is 0 Å². The number of carbonyl (C=O) groups excluding carboxylic acids is 1. The number of carboxylic acids is 1. The van der Waals surface area contributed by atoms with Crippen LogP contribution >= 0.6 is 0 Å². The molecule has 7 nitrogen and oxygen atoms in total. The van der Waals surface area contributed by atoms with Crippen molar-refractivity contribution in [3.05, 3.63) is 23.0 Å². The number of aromatic nitrogens is 2. The van der Waals surface area contributed by atoms with Crippen molar-refractivity contribution in [2.45, 2.75) is 20.0 Å². The normalized spacial score (nSPS) is 21.1. The fourth-order valence-electron chi connectivity index (χ4n) is 3.11. The monoisotopic (exact) mass is 357 g/mol. The molecule has 10 heteroatoms. The second-order valence-electron chi connectivity index (χ2n) is 6.06. The Morgan fingerprint density at radius 1 is 1.32 bits per heavy atom. The maximum Gasteiger partial charge on any atom is 0.394 e. The lowest BCUT2D eigenvalue weighted by molar-refractivity contribution is -0.187. The van der Waals surface area contributed by atoms with E-state index in [-0.39, 0.29) is 11.3 Å². The molecule has 25 heavy (non-hydrogen) atoms. The van der Waals surface area contributed by atoms with Crippen molar-refractivity contribution < 1.29 is 32.4 Å². The smallest absolute Gasteiger partial charge is 0.394 e. The predicted octanol–water partition coefficient (Wildman–Crippen LogP) is 2.17. The van der Waals surface area contributed by atoms with Gasteiger partial charge in [0.1, 0.15) is 0 Å². The second kappa shape index (κ2) is 5.71. The van der Waals surface area contributed by atoms with Gasteiger partial charge in [0.15, 0.2) is 0 Å². The van der Waals surface area contributed by atoms with E-state index >= 15 is 0 Å². The lowest BCUT2D eigenvalue weighted by Gasteiger charge is -2.18. The fraction of sp³-hybridized carbons (Fsp3) is 0.467. The molecule has 3 heterocycles. The van der Waals surface area contributed by atoms with E-state index in [2.05, 4.69) is 10.1 Å². The zero-order valence-corrected chi connectivity index (χ0v) is 13.3. The van der Waals surface area contributed by atoms with Gasteiger partial charge in [0.2, 0.25) is 0 Å². The molecule has 1 fully saturated rings. The summed E-state index contributed by atoms with van der Waals surface area (Å²) in [5.41, 5.74) is 1.04. The third-order valence-corrected chi connectivity index (χ3v) is 4.32. The largest absolute Gasteiger partial charge is 0.481 e. The number of halogens is 3. The van der Waals surface area contributed by atoms with Crippen LogP contribution in [-0.2, 0) is 4.79 Å². The number of likely N-dealkylation sites (tertiary alicyclic amines) is 1. The molecule has 2 atom stereocenters. The maximum absolute atomic E-state index is 13.1. The van der Waals surface area contributed by atoms with Gasteiger partial charge in [-0.1, -0.05) is 5.16 Å². The molecule has 2 aromatic heterocycles. The molecular weight excluding hydrogens is 343 g/mol. The van der Waals surface area contributed by atoms with Crippen molar-refractivity contribution in [1.82, 2.24) is 15.0 Å². The molecule has 1 N–H and O–H groups in total. The van der Waals surface area contributed by atoms with Gasteiger partial charge in [-0.05, 0) is 19.9 Å². The van der Waals surface area contributed by atoms with E-state index in [1.54, 1.807) is 13.8 Å². The van der Waals surface area contributed by atoms with Gasteiger partial charge in [0.25, 0.3) is 11.6 Å². The van der Waals surface area contributed by atoms with E-state index < -0.39 is 43.0 Å². The molecule has 0 unspecified atom stereocenters. The third kappa shape index (κ3) is 2.92. The Hall–Kier alpha value is -2.65. The molecule has 1 aliphatic heterocycles. The van der Waals surface area contributed by atoms with Gasteiger partial charge in [-0.3, -0.25) is 9.59 Å². The van der Waals surface area contributed by atoms with Crippen molar-refractivity contribution in [3.8, 4) is 0 Å². The summed E-state index contributed by atoms with van der Waals surface area (Å²) < 4.78 is 44.3. The first-order chi connectivity index (χ1) is 11.6. The number of alkyl halides is 3. The molecule has 134 valence electrons. The summed E-state index contributed by atoms with van der Waals surface area (Å²) in [4.78, 5) is 28.9. The van der Waals surface area contributed by atoms with Crippen molar-refractivity contribution in [1.29, 1.82) is 0 Å². The minimum absolute atomic E-state index is 0.105. The summed E-state index contributed by atoms with van der Waals surface area (Å²) in [6, 6.07) is 1.44. The first-order valence-electron chi connectivity index (χ1n) is 7.42. The quantitative estimate of drug-likeness (QED) is 0.885. The van der Waals surface area contributed by atoms with E-state index in [1.165, 1.54) is 6.07 Å². The van der Waals surface area contributed by atoms with Crippen molar-refractivity contribution >= 4 is 23.0 Å². The molecule has 0 aromatic carbocycles. The minimum atomic E-state index is -4.70. The Bertz CT molecular complexity index is 862. The Balaban J connectivity index is 2.00. The van der Waals surface area contributed by atoms with E-state index in [0.29, 0.717) is 16.8 Å². The van der Waals surface area contributed by atoms with E-state index in [4.69, 9.17) is 9.63 Å². The molecular formula is C15H14F3N3O4. The van der Waals surface area contributed by atoms with Crippen LogP contribution in [0.25, 0.3) is 11.1 Å². The molecule has 2 aromatic rings. The zero-order chi connectivity index (χ0) is 18.5. The number of amides is 1. The zero-order valence-electron chi connectivity index (χ0n) is 13.3. The minimum Gasteiger partial charge on any atom is -0.481 e. The lowest BCUT2D eigenvalue weighted by Crippen LogP contribution is -2.34. The van der Waals surface area contributed by atoms with Gasteiger partial charge in [-0.25, -0.2) is 4.98 Å². The summed E-state index contributed by atoms with van der Waals surface area (Å²) in [5.74, 6) is -6.06. The van der Waals surface area contributed by atoms with Crippen LogP contribution in [0.15, 0.2) is 10.6 Å². The predicted molar refractivity (Wildman–Crippen MR) is 77.9 cm³/mol. The van der Waals surface area contributed by atoms with Gasteiger partial charge in [-0.15, -0.1) is 0 Å². The number of carbonyl (C=O) groups is 2. The SMILES string of the molecule is Cc1cc(C(=O)N2C[C@@H](C(F)(F)F)[C@H](C(=O)O)C2)c2c(C)noc2n1. The highest BCUT2D eigenvalue weighted by atomic mass is 19.4. The number of pyridine rings is 1. The van der Waals surface area contributed by atoms with Crippen LogP contribution in [0.5, 0.6) is 0 Å². The van der Waals surface area contributed by atoms with Crippen LogP contribution < -0.4 is 0 Å². The Kier molecular flexibility index (Phi) is 3.92. The number of hydrogen-bond donors (Lipinski definition) is 1. The van der Waals surface area contributed by atoms with Crippen LogP contribution in [-0.4, -0.2) is 51.3 Å². The Labute approximate surface area is 139 Å². The van der Waals surface area contributed by atoms with Crippen LogP contribution in [0, 0.1) is 25.7 Å². The maximum atomic E-state index is 13.1. The average molecular weight is 357 g/mol. The van der Waals surface area contributed by atoms with E-state index in [9.17, 15) is 22.8 Å². The van der Waals surface area contributed by atoms with E-state index in [1.807, 2.05) is 0 Å². The van der Waals surface area contributed by atoms with Crippen molar-refractivity contribution in [2.24, 2.45) is 11.8 Å². The molecule has 1 saturated heterocycles. The number of hydrogen-bond acceptors (Lipinski definition) is 5. The second-order valence-corrected chi connectivity index (χ2v) is 6.06.